The SMILES string of the molecule is Cc1ccc(CSCCNC(=O)c2ccc(N3CCOCC3)cc2)cc1. The van der Waals surface area contributed by atoms with E-state index in [0.29, 0.717) is 12.1 Å². The zero-order valence-corrected chi connectivity index (χ0v) is 16.1. The number of hydrogen-bond acceptors (Lipinski definition) is 4. The van der Waals surface area contributed by atoms with Crippen molar-refractivity contribution in [2.45, 2.75) is 12.7 Å². The maximum absolute atomic E-state index is 12.2. The van der Waals surface area contributed by atoms with Gasteiger partial charge in [-0.1, -0.05) is 29.8 Å². The van der Waals surface area contributed by atoms with Crippen LogP contribution in [-0.2, 0) is 10.5 Å². The maximum atomic E-state index is 12.2. The molecule has 2 aromatic rings. The second-order valence-electron chi connectivity index (χ2n) is 6.44. The Balaban J connectivity index is 1.38. The zero-order chi connectivity index (χ0) is 18.2. The molecule has 0 aliphatic carbocycles. The van der Waals surface area contributed by atoms with Crippen LogP contribution < -0.4 is 10.2 Å². The van der Waals surface area contributed by atoms with Crippen molar-refractivity contribution < 1.29 is 9.53 Å². The Morgan fingerprint density at radius 1 is 1.08 bits per heavy atom. The molecule has 0 bridgehead atoms. The molecule has 5 heteroatoms. The minimum atomic E-state index is -0.00513. The van der Waals surface area contributed by atoms with Gasteiger partial charge in [-0.15, -0.1) is 0 Å². The molecule has 3 rings (SSSR count). The summed E-state index contributed by atoms with van der Waals surface area (Å²) in [6.07, 6.45) is 0. The fraction of sp³-hybridized carbons (Fsp3) is 0.381. The van der Waals surface area contributed by atoms with Crippen LogP contribution in [0.1, 0.15) is 21.5 Å². The van der Waals surface area contributed by atoms with E-state index in [2.05, 4.69) is 41.4 Å². The predicted molar refractivity (Wildman–Crippen MR) is 109 cm³/mol. The molecular weight excluding hydrogens is 344 g/mol. The average Bonchev–Trinajstić information content (AvgIpc) is 2.70. The van der Waals surface area contributed by atoms with Gasteiger partial charge in [0.05, 0.1) is 13.2 Å². The molecule has 0 saturated carbocycles. The van der Waals surface area contributed by atoms with Crippen molar-refractivity contribution >= 4 is 23.4 Å². The Bertz CT molecular complexity index is 695. The van der Waals surface area contributed by atoms with Gasteiger partial charge in [-0.25, -0.2) is 0 Å². The molecule has 0 spiro atoms. The van der Waals surface area contributed by atoms with Gasteiger partial charge in [-0.3, -0.25) is 4.79 Å². The van der Waals surface area contributed by atoms with E-state index in [-0.39, 0.29) is 5.91 Å². The van der Waals surface area contributed by atoms with Crippen molar-refractivity contribution in [3.63, 3.8) is 0 Å². The normalized spacial score (nSPS) is 14.3. The molecule has 1 aliphatic heterocycles. The fourth-order valence-corrected chi connectivity index (χ4v) is 3.68. The van der Waals surface area contributed by atoms with Crippen molar-refractivity contribution in [2.24, 2.45) is 0 Å². The number of hydrogen-bond donors (Lipinski definition) is 1. The number of benzene rings is 2. The lowest BCUT2D eigenvalue weighted by molar-refractivity contribution is 0.0956. The van der Waals surface area contributed by atoms with E-state index in [9.17, 15) is 4.79 Å². The summed E-state index contributed by atoms with van der Waals surface area (Å²) in [6.45, 7) is 6.12. The number of amides is 1. The third kappa shape index (κ3) is 5.51. The number of carbonyl (C=O) groups is 1. The van der Waals surface area contributed by atoms with Crippen LogP contribution in [0.4, 0.5) is 5.69 Å². The van der Waals surface area contributed by atoms with Gasteiger partial charge < -0.3 is 15.0 Å². The number of nitrogens with one attached hydrogen (secondary N) is 1. The molecule has 0 atom stereocenters. The van der Waals surface area contributed by atoms with Crippen LogP contribution in [0.3, 0.4) is 0 Å². The van der Waals surface area contributed by atoms with Gasteiger partial charge in [0, 0.05) is 42.4 Å². The Kier molecular flexibility index (Phi) is 6.97. The lowest BCUT2D eigenvalue weighted by Crippen LogP contribution is -2.36. The van der Waals surface area contributed by atoms with Gasteiger partial charge in [-0.2, -0.15) is 11.8 Å². The van der Waals surface area contributed by atoms with Crippen LogP contribution in [0.25, 0.3) is 0 Å². The summed E-state index contributed by atoms with van der Waals surface area (Å²) >= 11 is 1.84. The monoisotopic (exact) mass is 370 g/mol. The number of carbonyl (C=O) groups excluding carboxylic acids is 1. The molecule has 1 heterocycles. The summed E-state index contributed by atoms with van der Waals surface area (Å²) in [6, 6.07) is 16.4. The van der Waals surface area contributed by atoms with Crippen molar-refractivity contribution in [3.8, 4) is 0 Å². The Morgan fingerprint density at radius 3 is 2.46 bits per heavy atom. The second-order valence-corrected chi connectivity index (χ2v) is 7.55. The number of morpholine rings is 1. The summed E-state index contributed by atoms with van der Waals surface area (Å²) in [4.78, 5) is 14.5. The smallest absolute Gasteiger partial charge is 0.251 e. The molecule has 1 N–H and O–H groups in total. The third-order valence-corrected chi connectivity index (χ3v) is 5.46. The minimum absolute atomic E-state index is 0.00513. The Morgan fingerprint density at radius 2 is 1.77 bits per heavy atom. The fourth-order valence-electron chi connectivity index (χ4n) is 2.86. The minimum Gasteiger partial charge on any atom is -0.378 e. The van der Waals surface area contributed by atoms with Crippen LogP contribution in [0.2, 0.25) is 0 Å². The summed E-state index contributed by atoms with van der Waals surface area (Å²) in [7, 11) is 0. The van der Waals surface area contributed by atoms with Crippen LogP contribution in [-0.4, -0.2) is 44.5 Å². The van der Waals surface area contributed by atoms with E-state index in [1.54, 1.807) is 0 Å². The Hall–Kier alpha value is -1.98. The summed E-state index contributed by atoms with van der Waals surface area (Å²) in [5.41, 5.74) is 4.47. The van der Waals surface area contributed by atoms with E-state index in [0.717, 1.165) is 43.5 Å². The zero-order valence-electron chi connectivity index (χ0n) is 15.2. The van der Waals surface area contributed by atoms with E-state index >= 15 is 0 Å². The van der Waals surface area contributed by atoms with Gasteiger partial charge in [0.15, 0.2) is 0 Å². The number of rotatable bonds is 7. The summed E-state index contributed by atoms with van der Waals surface area (Å²) < 4.78 is 5.37. The van der Waals surface area contributed by atoms with Crippen LogP contribution in [0.15, 0.2) is 48.5 Å². The van der Waals surface area contributed by atoms with Gasteiger partial charge in [-0.05, 0) is 36.8 Å². The summed E-state index contributed by atoms with van der Waals surface area (Å²) in [5.74, 6) is 1.88. The number of ether oxygens (including phenoxy) is 1. The van der Waals surface area contributed by atoms with Gasteiger partial charge in [0.1, 0.15) is 0 Å². The molecule has 1 saturated heterocycles. The standard InChI is InChI=1S/C21H26N2O2S/c1-17-2-4-18(5-3-17)16-26-15-10-22-21(24)19-6-8-20(9-7-19)23-11-13-25-14-12-23/h2-9H,10-16H2,1H3,(H,22,24). The molecule has 1 aliphatic rings. The molecule has 0 radical (unpaired) electrons. The van der Waals surface area contributed by atoms with Crippen LogP contribution >= 0.6 is 11.8 Å². The van der Waals surface area contributed by atoms with E-state index in [1.165, 1.54) is 11.1 Å². The highest BCUT2D eigenvalue weighted by molar-refractivity contribution is 7.98. The molecule has 1 amide bonds. The highest BCUT2D eigenvalue weighted by Crippen LogP contribution is 2.17. The first-order valence-electron chi connectivity index (χ1n) is 9.06. The third-order valence-electron chi connectivity index (χ3n) is 4.43. The number of nitrogens with zero attached hydrogens (tertiary/aromatic N) is 1. The maximum Gasteiger partial charge on any atom is 0.251 e. The van der Waals surface area contributed by atoms with E-state index in [4.69, 9.17) is 4.74 Å². The predicted octanol–water partition coefficient (Wildman–Crippen LogP) is 3.49. The molecular formula is C21H26N2O2S. The molecule has 2 aromatic carbocycles. The lowest BCUT2D eigenvalue weighted by Gasteiger charge is -2.28. The average molecular weight is 371 g/mol. The first-order chi connectivity index (χ1) is 12.7. The van der Waals surface area contributed by atoms with Crippen LogP contribution in [0, 0.1) is 6.92 Å². The number of anilines is 1. The van der Waals surface area contributed by atoms with Crippen LogP contribution in [0.5, 0.6) is 0 Å². The van der Waals surface area contributed by atoms with Gasteiger partial charge >= 0.3 is 0 Å². The summed E-state index contributed by atoms with van der Waals surface area (Å²) in [5, 5.41) is 3.00. The largest absolute Gasteiger partial charge is 0.378 e. The quantitative estimate of drug-likeness (QED) is 0.758. The highest BCUT2D eigenvalue weighted by Gasteiger charge is 2.12. The lowest BCUT2D eigenvalue weighted by atomic mass is 10.1. The molecule has 0 unspecified atom stereocenters. The van der Waals surface area contributed by atoms with Gasteiger partial charge in [0.25, 0.3) is 5.91 Å². The molecule has 1 fully saturated rings. The van der Waals surface area contributed by atoms with Crippen molar-refractivity contribution in [1.82, 2.24) is 5.32 Å². The van der Waals surface area contributed by atoms with Crippen molar-refractivity contribution in [2.75, 3.05) is 43.5 Å². The first-order valence-corrected chi connectivity index (χ1v) is 10.2. The molecule has 0 aromatic heterocycles. The second kappa shape index (κ2) is 9.64. The van der Waals surface area contributed by atoms with Crippen molar-refractivity contribution in [1.29, 1.82) is 0 Å². The van der Waals surface area contributed by atoms with Gasteiger partial charge in [0.2, 0.25) is 0 Å². The first kappa shape index (κ1) is 18.8. The van der Waals surface area contributed by atoms with E-state index in [1.807, 2.05) is 36.0 Å². The highest BCUT2D eigenvalue weighted by atomic mass is 32.2. The Labute approximate surface area is 159 Å². The number of aryl methyl sites for hydroxylation is 1. The van der Waals surface area contributed by atoms with E-state index < -0.39 is 0 Å². The molecule has 4 nitrogen and oxygen atoms in total. The molecule has 26 heavy (non-hydrogen) atoms. The van der Waals surface area contributed by atoms with Crippen molar-refractivity contribution in [3.05, 3.63) is 65.2 Å². The number of thioether (sulfide) groups is 1. The molecule has 138 valence electrons. The topological polar surface area (TPSA) is 41.6 Å².